The first-order valence-corrected chi connectivity index (χ1v) is 11.2. The highest BCUT2D eigenvalue weighted by atomic mass is 32.1. The molecule has 1 aliphatic carbocycles. The van der Waals surface area contributed by atoms with Gasteiger partial charge in [-0.15, -0.1) is 11.3 Å². The fourth-order valence-corrected chi connectivity index (χ4v) is 5.32. The first kappa shape index (κ1) is 19.4. The lowest BCUT2D eigenvalue weighted by Crippen LogP contribution is -2.51. The van der Waals surface area contributed by atoms with Crippen LogP contribution in [-0.4, -0.2) is 59.5 Å². The van der Waals surface area contributed by atoms with Crippen molar-refractivity contribution in [3.05, 3.63) is 34.8 Å². The molecular formula is C22H29N3O2S. The Morgan fingerprint density at radius 2 is 1.82 bits per heavy atom. The van der Waals surface area contributed by atoms with Gasteiger partial charge in [0.1, 0.15) is 15.6 Å². The highest BCUT2D eigenvalue weighted by molar-refractivity contribution is 7.17. The van der Waals surface area contributed by atoms with E-state index in [0.29, 0.717) is 6.61 Å². The Labute approximate surface area is 171 Å². The Morgan fingerprint density at radius 1 is 1.14 bits per heavy atom. The Kier molecular flexibility index (Phi) is 5.97. The highest BCUT2D eigenvalue weighted by Crippen LogP contribution is 2.31. The van der Waals surface area contributed by atoms with Crippen molar-refractivity contribution in [1.29, 1.82) is 0 Å². The van der Waals surface area contributed by atoms with Crippen LogP contribution in [0, 0.1) is 6.92 Å². The number of aryl methyl sites for hydroxylation is 1. The summed E-state index contributed by atoms with van der Waals surface area (Å²) < 4.78 is 5.51. The van der Waals surface area contributed by atoms with E-state index in [-0.39, 0.29) is 5.91 Å². The third kappa shape index (κ3) is 4.08. The van der Waals surface area contributed by atoms with Crippen molar-refractivity contribution in [2.75, 3.05) is 32.8 Å². The lowest BCUT2D eigenvalue weighted by molar-refractivity contribution is 0.0577. The molecule has 0 N–H and O–H groups in total. The van der Waals surface area contributed by atoms with E-state index < -0.39 is 0 Å². The van der Waals surface area contributed by atoms with Gasteiger partial charge in [0.05, 0.1) is 12.3 Å². The van der Waals surface area contributed by atoms with Gasteiger partial charge >= 0.3 is 0 Å². The van der Waals surface area contributed by atoms with Crippen LogP contribution in [0.3, 0.4) is 0 Å². The van der Waals surface area contributed by atoms with Gasteiger partial charge in [0.15, 0.2) is 0 Å². The summed E-state index contributed by atoms with van der Waals surface area (Å²) in [6.45, 7) is 8.22. The van der Waals surface area contributed by atoms with Crippen molar-refractivity contribution >= 4 is 17.2 Å². The maximum Gasteiger partial charge on any atom is 0.265 e. The number of carbonyl (C=O) groups excluding carboxylic acids is 1. The molecule has 2 heterocycles. The van der Waals surface area contributed by atoms with Gasteiger partial charge in [-0.3, -0.25) is 9.69 Å². The van der Waals surface area contributed by atoms with Crippen LogP contribution < -0.4 is 4.74 Å². The molecule has 1 amide bonds. The second-order valence-electron chi connectivity index (χ2n) is 7.66. The van der Waals surface area contributed by atoms with Crippen LogP contribution in [0.4, 0.5) is 0 Å². The predicted molar refractivity (Wildman–Crippen MR) is 113 cm³/mol. The minimum Gasteiger partial charge on any atom is -0.494 e. The summed E-state index contributed by atoms with van der Waals surface area (Å²) in [6.07, 6.45) is 5.37. The number of carbonyl (C=O) groups is 1. The van der Waals surface area contributed by atoms with E-state index in [1.807, 2.05) is 43.0 Å². The number of benzene rings is 1. The smallest absolute Gasteiger partial charge is 0.265 e. The largest absolute Gasteiger partial charge is 0.494 e. The van der Waals surface area contributed by atoms with E-state index >= 15 is 0 Å². The molecule has 6 heteroatoms. The van der Waals surface area contributed by atoms with Gasteiger partial charge in [-0.25, -0.2) is 4.98 Å². The molecule has 4 rings (SSSR count). The number of hydrogen-bond donors (Lipinski definition) is 0. The van der Waals surface area contributed by atoms with Gasteiger partial charge in [-0.2, -0.15) is 0 Å². The number of amides is 1. The molecule has 1 saturated carbocycles. The Morgan fingerprint density at radius 3 is 2.46 bits per heavy atom. The van der Waals surface area contributed by atoms with Crippen molar-refractivity contribution in [3.8, 4) is 16.3 Å². The molecular weight excluding hydrogens is 370 g/mol. The number of aromatic nitrogens is 1. The van der Waals surface area contributed by atoms with Crippen molar-refractivity contribution in [2.24, 2.45) is 0 Å². The van der Waals surface area contributed by atoms with Gasteiger partial charge in [0.25, 0.3) is 5.91 Å². The highest BCUT2D eigenvalue weighted by Gasteiger charge is 2.29. The number of piperazine rings is 1. The monoisotopic (exact) mass is 399 g/mol. The fourth-order valence-electron chi connectivity index (χ4n) is 4.28. The molecule has 2 fully saturated rings. The van der Waals surface area contributed by atoms with Crippen LogP contribution >= 0.6 is 11.3 Å². The van der Waals surface area contributed by atoms with Crippen molar-refractivity contribution in [2.45, 2.75) is 45.6 Å². The Balaban J connectivity index is 1.42. The van der Waals surface area contributed by atoms with Crippen LogP contribution in [0.15, 0.2) is 24.3 Å². The summed E-state index contributed by atoms with van der Waals surface area (Å²) >= 11 is 1.50. The molecule has 0 bridgehead atoms. The van der Waals surface area contributed by atoms with Crippen molar-refractivity contribution in [1.82, 2.24) is 14.8 Å². The summed E-state index contributed by atoms with van der Waals surface area (Å²) in [7, 11) is 0. The van der Waals surface area contributed by atoms with Gasteiger partial charge in [-0.05, 0) is 51.0 Å². The van der Waals surface area contributed by atoms with E-state index in [9.17, 15) is 4.79 Å². The van der Waals surface area contributed by atoms with Gasteiger partial charge in [-0.1, -0.05) is 12.8 Å². The zero-order valence-electron chi connectivity index (χ0n) is 16.8. The standard InChI is InChI=1S/C22H29N3O2S/c1-3-27-19-10-8-17(9-11-19)21-23-16(2)20(28-21)22(26)25-14-12-24(13-15-25)18-6-4-5-7-18/h8-11,18H,3-7,12-15H2,1-2H3. The molecule has 2 aromatic rings. The minimum atomic E-state index is 0.137. The average Bonchev–Trinajstić information content (AvgIpc) is 3.39. The number of ether oxygens (including phenoxy) is 1. The molecule has 0 unspecified atom stereocenters. The normalized spacial score (nSPS) is 18.6. The van der Waals surface area contributed by atoms with E-state index in [1.165, 1.54) is 37.0 Å². The topological polar surface area (TPSA) is 45.7 Å². The Hall–Kier alpha value is -1.92. The number of hydrogen-bond acceptors (Lipinski definition) is 5. The minimum absolute atomic E-state index is 0.137. The van der Waals surface area contributed by atoms with Crippen molar-refractivity contribution < 1.29 is 9.53 Å². The van der Waals surface area contributed by atoms with Gasteiger partial charge in [0, 0.05) is 37.8 Å². The molecule has 2 aliphatic rings. The van der Waals surface area contributed by atoms with Gasteiger partial charge < -0.3 is 9.64 Å². The number of rotatable bonds is 5. The molecule has 0 radical (unpaired) electrons. The molecule has 0 atom stereocenters. The van der Waals surface area contributed by atoms with E-state index in [2.05, 4.69) is 9.88 Å². The molecule has 150 valence electrons. The summed E-state index contributed by atoms with van der Waals surface area (Å²) in [4.78, 5) is 23.1. The van der Waals surface area contributed by atoms with E-state index in [0.717, 1.165) is 59.1 Å². The van der Waals surface area contributed by atoms with Gasteiger partial charge in [0.2, 0.25) is 0 Å². The summed E-state index contributed by atoms with van der Waals surface area (Å²) in [5.41, 5.74) is 1.86. The van der Waals surface area contributed by atoms with E-state index in [1.54, 1.807) is 0 Å². The van der Waals surface area contributed by atoms with Crippen LogP contribution in [0.2, 0.25) is 0 Å². The van der Waals surface area contributed by atoms with Crippen molar-refractivity contribution in [3.63, 3.8) is 0 Å². The lowest BCUT2D eigenvalue weighted by Gasteiger charge is -2.37. The molecule has 5 nitrogen and oxygen atoms in total. The summed E-state index contributed by atoms with van der Waals surface area (Å²) in [5.74, 6) is 0.995. The molecule has 1 saturated heterocycles. The molecule has 28 heavy (non-hydrogen) atoms. The molecule has 0 spiro atoms. The molecule has 1 aliphatic heterocycles. The average molecular weight is 400 g/mol. The SMILES string of the molecule is CCOc1ccc(-c2nc(C)c(C(=O)N3CCN(C4CCCC4)CC3)s2)cc1. The van der Waals surface area contributed by atoms with Crippen LogP contribution in [0.5, 0.6) is 5.75 Å². The second kappa shape index (κ2) is 8.62. The van der Waals surface area contributed by atoms with Crippen LogP contribution in [0.1, 0.15) is 48.0 Å². The first-order chi connectivity index (χ1) is 13.7. The summed E-state index contributed by atoms with van der Waals surface area (Å²) in [5, 5.41) is 0.897. The Bertz CT molecular complexity index is 804. The maximum atomic E-state index is 13.1. The number of nitrogens with zero attached hydrogens (tertiary/aromatic N) is 3. The molecule has 1 aromatic heterocycles. The zero-order valence-corrected chi connectivity index (χ0v) is 17.6. The quantitative estimate of drug-likeness (QED) is 0.755. The summed E-state index contributed by atoms with van der Waals surface area (Å²) in [6, 6.07) is 8.68. The lowest BCUT2D eigenvalue weighted by atomic mass is 10.1. The van der Waals surface area contributed by atoms with Crippen LogP contribution in [0.25, 0.3) is 10.6 Å². The van der Waals surface area contributed by atoms with E-state index in [4.69, 9.17) is 4.74 Å². The molecule has 1 aromatic carbocycles. The number of thiazole rings is 1. The maximum absolute atomic E-state index is 13.1. The van der Waals surface area contributed by atoms with Crippen LogP contribution in [-0.2, 0) is 0 Å². The fraction of sp³-hybridized carbons (Fsp3) is 0.545. The third-order valence-electron chi connectivity index (χ3n) is 5.85. The zero-order chi connectivity index (χ0) is 19.5. The predicted octanol–water partition coefficient (Wildman–Crippen LogP) is 4.22. The first-order valence-electron chi connectivity index (χ1n) is 10.4. The third-order valence-corrected chi connectivity index (χ3v) is 7.04. The second-order valence-corrected chi connectivity index (χ2v) is 8.66.